The van der Waals surface area contributed by atoms with Crippen molar-refractivity contribution in [3.05, 3.63) is 0 Å². The molecule has 0 aromatic rings. The molecule has 0 aliphatic heterocycles. The molecule has 1 N–H and O–H groups in total. The van der Waals surface area contributed by atoms with Crippen molar-refractivity contribution in [1.29, 1.82) is 0 Å². The highest BCUT2D eigenvalue weighted by Crippen LogP contribution is 2.32. The standard InChI is InChI=1S/C12H22O2/c1-9(2)3-4-10-5-7-11(8-6-10)12(13)14/h9-11H,3-8H2,1-2H3,(H,13,14)/t10-,11-. The van der Waals surface area contributed by atoms with Crippen molar-refractivity contribution >= 4 is 5.97 Å². The molecule has 0 heterocycles. The Morgan fingerprint density at radius 3 is 2.29 bits per heavy atom. The van der Waals surface area contributed by atoms with Gasteiger partial charge < -0.3 is 5.11 Å². The maximum Gasteiger partial charge on any atom is 0.306 e. The lowest BCUT2D eigenvalue weighted by Crippen LogP contribution is -2.21. The van der Waals surface area contributed by atoms with Gasteiger partial charge >= 0.3 is 5.97 Å². The van der Waals surface area contributed by atoms with E-state index in [2.05, 4.69) is 13.8 Å². The number of carboxylic acids is 1. The number of rotatable bonds is 4. The van der Waals surface area contributed by atoms with Gasteiger partial charge in [0.05, 0.1) is 5.92 Å². The van der Waals surface area contributed by atoms with Gasteiger partial charge in [0, 0.05) is 0 Å². The number of hydrogen-bond donors (Lipinski definition) is 1. The molecule has 0 aromatic carbocycles. The molecule has 2 heteroatoms. The SMILES string of the molecule is CC(C)CC[C@H]1CC[C@H](C(=O)O)CC1. The zero-order valence-electron chi connectivity index (χ0n) is 9.33. The van der Waals surface area contributed by atoms with Crippen LogP contribution in [0.25, 0.3) is 0 Å². The quantitative estimate of drug-likeness (QED) is 0.752. The summed E-state index contributed by atoms with van der Waals surface area (Å²) in [7, 11) is 0. The first-order chi connectivity index (χ1) is 6.59. The van der Waals surface area contributed by atoms with Crippen LogP contribution in [-0.2, 0) is 4.79 Å². The van der Waals surface area contributed by atoms with E-state index >= 15 is 0 Å². The largest absolute Gasteiger partial charge is 0.481 e. The molecule has 1 aliphatic carbocycles. The van der Waals surface area contributed by atoms with Gasteiger partial charge in [-0.15, -0.1) is 0 Å². The number of carbonyl (C=O) groups is 1. The van der Waals surface area contributed by atoms with Gasteiger partial charge in [0.1, 0.15) is 0 Å². The molecule has 0 spiro atoms. The monoisotopic (exact) mass is 198 g/mol. The van der Waals surface area contributed by atoms with E-state index in [4.69, 9.17) is 5.11 Å². The number of carboxylic acid groups (broad SMARTS) is 1. The number of aliphatic carboxylic acids is 1. The van der Waals surface area contributed by atoms with E-state index in [0.717, 1.165) is 37.5 Å². The summed E-state index contributed by atoms with van der Waals surface area (Å²) in [6, 6.07) is 0. The van der Waals surface area contributed by atoms with Gasteiger partial charge in [-0.25, -0.2) is 0 Å². The molecular weight excluding hydrogens is 176 g/mol. The van der Waals surface area contributed by atoms with E-state index in [9.17, 15) is 4.79 Å². The third-order valence-electron chi connectivity index (χ3n) is 3.35. The summed E-state index contributed by atoms with van der Waals surface area (Å²) in [4.78, 5) is 10.7. The average molecular weight is 198 g/mol. The van der Waals surface area contributed by atoms with Crippen LogP contribution in [-0.4, -0.2) is 11.1 Å². The minimum atomic E-state index is -0.590. The van der Waals surface area contributed by atoms with Gasteiger partial charge in [-0.3, -0.25) is 4.79 Å². The van der Waals surface area contributed by atoms with Crippen molar-refractivity contribution in [1.82, 2.24) is 0 Å². The second-order valence-electron chi connectivity index (χ2n) is 5.03. The molecule has 0 unspecified atom stereocenters. The van der Waals surface area contributed by atoms with Gasteiger partial charge in [-0.05, 0) is 37.5 Å². The molecule has 0 radical (unpaired) electrons. The molecule has 0 bridgehead atoms. The molecule has 0 aromatic heterocycles. The molecule has 1 saturated carbocycles. The van der Waals surface area contributed by atoms with E-state index in [1.165, 1.54) is 12.8 Å². The second-order valence-corrected chi connectivity index (χ2v) is 5.03. The highest BCUT2D eigenvalue weighted by atomic mass is 16.4. The summed E-state index contributed by atoms with van der Waals surface area (Å²) >= 11 is 0. The van der Waals surface area contributed by atoms with Gasteiger partial charge in [0.25, 0.3) is 0 Å². The Balaban J connectivity index is 2.19. The Kier molecular flexibility index (Phi) is 4.43. The molecule has 1 aliphatic rings. The lowest BCUT2D eigenvalue weighted by atomic mass is 9.79. The second kappa shape index (κ2) is 5.38. The fourth-order valence-corrected chi connectivity index (χ4v) is 2.27. The summed E-state index contributed by atoms with van der Waals surface area (Å²) in [5, 5.41) is 8.84. The summed E-state index contributed by atoms with van der Waals surface area (Å²) < 4.78 is 0. The van der Waals surface area contributed by atoms with E-state index < -0.39 is 5.97 Å². The van der Waals surface area contributed by atoms with Gasteiger partial charge in [-0.2, -0.15) is 0 Å². The third-order valence-corrected chi connectivity index (χ3v) is 3.35. The topological polar surface area (TPSA) is 37.3 Å². The Labute approximate surface area is 86.7 Å². The third kappa shape index (κ3) is 3.69. The lowest BCUT2D eigenvalue weighted by Gasteiger charge is -2.26. The maximum absolute atomic E-state index is 10.7. The predicted molar refractivity (Wildman–Crippen MR) is 57.2 cm³/mol. The maximum atomic E-state index is 10.7. The average Bonchev–Trinajstić information content (AvgIpc) is 2.15. The van der Waals surface area contributed by atoms with Crippen molar-refractivity contribution < 1.29 is 9.90 Å². The van der Waals surface area contributed by atoms with Crippen LogP contribution in [0.2, 0.25) is 0 Å². The van der Waals surface area contributed by atoms with E-state index in [1.807, 2.05) is 0 Å². The van der Waals surface area contributed by atoms with Crippen LogP contribution < -0.4 is 0 Å². The van der Waals surface area contributed by atoms with E-state index in [-0.39, 0.29) is 5.92 Å². The Hall–Kier alpha value is -0.530. The minimum absolute atomic E-state index is 0.0506. The van der Waals surface area contributed by atoms with Crippen molar-refractivity contribution in [2.24, 2.45) is 17.8 Å². The minimum Gasteiger partial charge on any atom is -0.481 e. The fraction of sp³-hybridized carbons (Fsp3) is 0.917. The summed E-state index contributed by atoms with van der Waals surface area (Å²) in [5.74, 6) is 0.942. The van der Waals surface area contributed by atoms with Crippen molar-refractivity contribution in [3.8, 4) is 0 Å². The van der Waals surface area contributed by atoms with Crippen LogP contribution in [0.1, 0.15) is 52.4 Å². The van der Waals surface area contributed by atoms with Crippen LogP contribution in [0.4, 0.5) is 0 Å². The molecule has 2 nitrogen and oxygen atoms in total. The highest BCUT2D eigenvalue weighted by Gasteiger charge is 2.25. The summed E-state index contributed by atoms with van der Waals surface area (Å²) in [5.41, 5.74) is 0. The normalized spacial score (nSPS) is 27.9. The van der Waals surface area contributed by atoms with Crippen molar-refractivity contribution in [3.63, 3.8) is 0 Å². The van der Waals surface area contributed by atoms with Gasteiger partial charge in [0.2, 0.25) is 0 Å². The lowest BCUT2D eigenvalue weighted by molar-refractivity contribution is -0.143. The smallest absolute Gasteiger partial charge is 0.306 e. The predicted octanol–water partition coefficient (Wildman–Crippen LogP) is 3.31. The first kappa shape index (κ1) is 11.5. The highest BCUT2D eigenvalue weighted by molar-refractivity contribution is 5.69. The van der Waals surface area contributed by atoms with Crippen LogP contribution >= 0.6 is 0 Å². The van der Waals surface area contributed by atoms with Crippen LogP contribution in [0.3, 0.4) is 0 Å². The van der Waals surface area contributed by atoms with Crippen LogP contribution in [0.15, 0.2) is 0 Å². The summed E-state index contributed by atoms with van der Waals surface area (Å²) in [6.45, 7) is 4.51. The van der Waals surface area contributed by atoms with E-state index in [1.54, 1.807) is 0 Å². The van der Waals surface area contributed by atoms with Crippen molar-refractivity contribution in [2.45, 2.75) is 52.4 Å². The molecule has 0 saturated heterocycles. The van der Waals surface area contributed by atoms with Crippen LogP contribution in [0, 0.1) is 17.8 Å². The van der Waals surface area contributed by atoms with E-state index in [0.29, 0.717) is 0 Å². The Morgan fingerprint density at radius 2 is 1.86 bits per heavy atom. The first-order valence-corrected chi connectivity index (χ1v) is 5.82. The Morgan fingerprint density at radius 1 is 1.29 bits per heavy atom. The van der Waals surface area contributed by atoms with Gasteiger partial charge in [0.15, 0.2) is 0 Å². The molecule has 82 valence electrons. The summed E-state index contributed by atoms with van der Waals surface area (Å²) in [6.07, 6.45) is 6.65. The number of hydrogen-bond acceptors (Lipinski definition) is 1. The molecule has 0 atom stereocenters. The zero-order chi connectivity index (χ0) is 10.6. The van der Waals surface area contributed by atoms with Crippen molar-refractivity contribution in [2.75, 3.05) is 0 Å². The van der Waals surface area contributed by atoms with Crippen LogP contribution in [0.5, 0.6) is 0 Å². The molecule has 1 rings (SSSR count). The fourth-order valence-electron chi connectivity index (χ4n) is 2.27. The zero-order valence-corrected chi connectivity index (χ0v) is 9.33. The first-order valence-electron chi connectivity index (χ1n) is 5.82. The molecule has 0 amide bonds. The molecule has 1 fully saturated rings. The molecular formula is C12H22O2. The van der Waals surface area contributed by atoms with Gasteiger partial charge in [-0.1, -0.05) is 26.7 Å². The molecule has 14 heavy (non-hydrogen) atoms. The Bertz CT molecular complexity index is 179.